The fraction of sp³-hybridized carbons (Fsp3) is 0.0250. The predicted octanol–water partition coefficient (Wildman–Crippen LogP) is 9.51. The molecule has 45 heavy (non-hydrogen) atoms. The highest BCUT2D eigenvalue weighted by Crippen LogP contribution is 2.37. The Morgan fingerprint density at radius 3 is 1.16 bits per heavy atom. The lowest BCUT2D eigenvalue weighted by molar-refractivity contribution is 0.588. The molecule has 1 aliphatic heterocycles. The zero-order valence-electron chi connectivity index (χ0n) is 24.3. The number of hydrogen-bond donors (Lipinski definition) is 1. The molecule has 9 aromatic rings. The maximum Gasteiger partial charge on any atom is 0.211 e. The monoisotopic (exact) mass is 577 g/mol. The maximum atomic E-state index is 5.47. The Morgan fingerprint density at radius 1 is 0.400 bits per heavy atom. The van der Waals surface area contributed by atoms with Gasteiger partial charge in [-0.05, 0) is 36.4 Å². The lowest BCUT2D eigenvalue weighted by atomic mass is 10.2. The Labute approximate surface area is 258 Å². The lowest BCUT2D eigenvalue weighted by Gasteiger charge is -2.28. The minimum absolute atomic E-state index is 0.211. The van der Waals surface area contributed by atoms with Crippen molar-refractivity contribution in [2.24, 2.45) is 4.99 Å². The average Bonchev–Trinajstić information content (AvgIpc) is 3.74. The van der Waals surface area contributed by atoms with Crippen LogP contribution in [0.25, 0.3) is 71.2 Å². The van der Waals surface area contributed by atoms with Crippen LogP contribution >= 0.6 is 0 Å². The predicted molar refractivity (Wildman–Crippen MR) is 188 cm³/mol. The van der Waals surface area contributed by atoms with Gasteiger partial charge < -0.3 is 9.88 Å². The molecule has 4 heterocycles. The Hall–Kier alpha value is -6.07. The van der Waals surface area contributed by atoms with E-state index in [1.54, 1.807) is 0 Å². The Bertz CT molecular complexity index is 2540. The van der Waals surface area contributed by atoms with E-state index in [2.05, 4.69) is 171 Å². The van der Waals surface area contributed by atoms with Crippen molar-refractivity contribution in [3.8, 4) is 0 Å². The molecule has 5 nitrogen and oxygen atoms in total. The van der Waals surface area contributed by atoms with Crippen molar-refractivity contribution in [2.45, 2.75) is 6.17 Å². The second-order valence-electron chi connectivity index (χ2n) is 11.7. The number of fused-ring (bicyclic) bond motifs is 9. The summed E-state index contributed by atoms with van der Waals surface area (Å²) >= 11 is 0. The second kappa shape index (κ2) is 9.21. The van der Waals surface area contributed by atoms with Crippen LogP contribution in [0.2, 0.25) is 0 Å². The molecule has 3 aromatic heterocycles. The first-order chi connectivity index (χ1) is 22.3. The van der Waals surface area contributed by atoms with Crippen LogP contribution in [0, 0.1) is 0 Å². The van der Waals surface area contributed by atoms with Gasteiger partial charge in [-0.25, -0.2) is 0 Å². The summed E-state index contributed by atoms with van der Waals surface area (Å²) < 4.78 is 7.02. The summed E-state index contributed by atoms with van der Waals surface area (Å²) in [5.41, 5.74) is 6.87. The van der Waals surface area contributed by atoms with Crippen LogP contribution in [0.3, 0.4) is 0 Å². The number of para-hydroxylation sites is 6. The van der Waals surface area contributed by atoms with E-state index < -0.39 is 0 Å². The minimum atomic E-state index is -0.211. The molecule has 0 amide bonds. The fourth-order valence-corrected chi connectivity index (χ4v) is 7.44. The minimum Gasteiger partial charge on any atom is -0.331 e. The van der Waals surface area contributed by atoms with E-state index in [4.69, 9.17) is 4.99 Å². The van der Waals surface area contributed by atoms with Crippen molar-refractivity contribution in [3.05, 3.63) is 152 Å². The molecule has 0 aliphatic carbocycles. The highest BCUT2D eigenvalue weighted by atomic mass is 15.3. The van der Waals surface area contributed by atoms with Gasteiger partial charge in [-0.2, -0.15) is 4.99 Å². The van der Waals surface area contributed by atoms with Gasteiger partial charge >= 0.3 is 0 Å². The number of nitrogens with zero attached hydrogens (tertiary/aromatic N) is 4. The van der Waals surface area contributed by atoms with Crippen molar-refractivity contribution in [1.82, 2.24) is 19.0 Å². The van der Waals surface area contributed by atoms with E-state index in [0.29, 0.717) is 0 Å². The van der Waals surface area contributed by atoms with E-state index in [1.165, 1.54) is 43.4 Å². The Morgan fingerprint density at radius 2 is 0.733 bits per heavy atom. The molecule has 6 aromatic carbocycles. The molecule has 5 heteroatoms. The molecular weight excluding hydrogens is 550 g/mol. The zero-order chi connectivity index (χ0) is 29.5. The smallest absolute Gasteiger partial charge is 0.211 e. The van der Waals surface area contributed by atoms with Crippen LogP contribution in [0.15, 0.2) is 157 Å². The first-order valence-electron chi connectivity index (χ1n) is 15.4. The first kappa shape index (κ1) is 24.4. The highest BCUT2D eigenvalue weighted by molar-refractivity contribution is 6.15. The lowest BCUT2D eigenvalue weighted by Crippen LogP contribution is -2.38. The molecule has 212 valence electrons. The summed E-state index contributed by atoms with van der Waals surface area (Å²) in [7, 11) is 0. The molecule has 0 fully saturated rings. The van der Waals surface area contributed by atoms with E-state index in [9.17, 15) is 0 Å². The van der Waals surface area contributed by atoms with Gasteiger partial charge in [-0.3, -0.25) is 9.13 Å². The number of benzene rings is 6. The van der Waals surface area contributed by atoms with Gasteiger partial charge in [-0.15, -0.1) is 0 Å². The summed E-state index contributed by atoms with van der Waals surface area (Å²) in [6.45, 7) is 0. The van der Waals surface area contributed by atoms with Gasteiger partial charge in [0.2, 0.25) is 5.96 Å². The summed E-state index contributed by atoms with van der Waals surface area (Å²) in [6.07, 6.45) is 2.06. The van der Waals surface area contributed by atoms with Crippen molar-refractivity contribution < 1.29 is 0 Å². The van der Waals surface area contributed by atoms with Gasteiger partial charge in [0.05, 0.1) is 33.1 Å². The Balaban J connectivity index is 1.31. The van der Waals surface area contributed by atoms with Crippen LogP contribution in [-0.2, 0) is 0 Å². The zero-order valence-corrected chi connectivity index (χ0v) is 24.3. The molecule has 1 aliphatic rings. The number of aliphatic imine (C=N–C) groups is 1. The fourth-order valence-electron chi connectivity index (χ4n) is 7.44. The van der Waals surface area contributed by atoms with Crippen LogP contribution in [0.1, 0.15) is 6.17 Å². The van der Waals surface area contributed by atoms with Gasteiger partial charge in [0, 0.05) is 38.4 Å². The topological polar surface area (TPSA) is 39.2 Å². The van der Waals surface area contributed by atoms with Gasteiger partial charge in [0.25, 0.3) is 0 Å². The maximum absolute atomic E-state index is 5.47. The summed E-state index contributed by atoms with van der Waals surface area (Å²) in [5.74, 6) is 1.67. The van der Waals surface area contributed by atoms with Gasteiger partial charge in [0.1, 0.15) is 12.0 Å². The molecule has 1 N–H and O–H groups in total. The van der Waals surface area contributed by atoms with Crippen molar-refractivity contribution >= 4 is 77.2 Å². The molecule has 0 spiro atoms. The summed E-state index contributed by atoms with van der Waals surface area (Å²) in [5, 5.41) is 11.2. The van der Waals surface area contributed by atoms with Crippen molar-refractivity contribution in [2.75, 3.05) is 0 Å². The normalized spacial score (nSPS) is 15.3. The van der Waals surface area contributed by atoms with Gasteiger partial charge in [-0.1, -0.05) is 109 Å². The van der Waals surface area contributed by atoms with Gasteiger partial charge in [0.15, 0.2) is 0 Å². The number of hydrogen-bond acceptors (Lipinski definition) is 2. The van der Waals surface area contributed by atoms with E-state index in [1.807, 2.05) is 0 Å². The molecule has 0 saturated heterocycles. The van der Waals surface area contributed by atoms with Crippen molar-refractivity contribution in [3.63, 3.8) is 0 Å². The van der Waals surface area contributed by atoms with Crippen LogP contribution in [0.4, 0.5) is 0 Å². The molecule has 0 saturated carbocycles. The van der Waals surface area contributed by atoms with E-state index >= 15 is 0 Å². The van der Waals surface area contributed by atoms with Crippen LogP contribution in [0.5, 0.6) is 0 Å². The standard InChI is InChI=1S/C40H27N5/c1-7-19-32-26(13-1)27-14-2-8-20-33(27)43(32)38-25-39(44-34-21-9-3-15-28(34)29-16-4-10-22-35(29)44)42-40(41-38)45-36-23-11-5-17-30(36)31-18-6-12-24-37(31)45/h1-25,38H,(H,41,42). The van der Waals surface area contributed by atoms with Crippen molar-refractivity contribution in [1.29, 1.82) is 0 Å². The highest BCUT2D eigenvalue weighted by Gasteiger charge is 2.26. The quantitative estimate of drug-likeness (QED) is 0.218. The summed E-state index contributed by atoms with van der Waals surface area (Å²) in [6, 6.07) is 51.8. The number of nitrogens with one attached hydrogen (secondary N) is 1. The third kappa shape index (κ3) is 3.40. The molecule has 10 rings (SSSR count). The third-order valence-corrected chi connectivity index (χ3v) is 9.30. The third-order valence-electron chi connectivity index (χ3n) is 9.30. The van der Waals surface area contributed by atoms with Crippen LogP contribution in [-0.4, -0.2) is 19.7 Å². The molecule has 1 unspecified atom stereocenters. The average molecular weight is 578 g/mol. The molecule has 0 bridgehead atoms. The Kier molecular flexibility index (Phi) is 4.99. The number of rotatable bonds is 2. The molecule has 1 atom stereocenters. The molecular formula is C40H27N5. The second-order valence-corrected chi connectivity index (χ2v) is 11.7. The SMILES string of the molecule is C1=C(n2c3ccccc3c3ccccc32)N=C(n2c3ccccc3c3ccccc32)NC1n1c2ccccc2c2ccccc21. The largest absolute Gasteiger partial charge is 0.331 e. The number of aromatic nitrogens is 3. The molecule has 0 radical (unpaired) electrons. The first-order valence-corrected chi connectivity index (χ1v) is 15.4. The van der Waals surface area contributed by atoms with E-state index in [0.717, 1.165) is 33.8 Å². The van der Waals surface area contributed by atoms with Crippen LogP contribution < -0.4 is 5.32 Å². The summed E-state index contributed by atoms with van der Waals surface area (Å²) in [4.78, 5) is 5.47. The van der Waals surface area contributed by atoms with E-state index in [-0.39, 0.29) is 6.17 Å².